The maximum atomic E-state index is 4.77. The van der Waals surface area contributed by atoms with Crippen molar-refractivity contribution in [3.8, 4) is 11.3 Å². The van der Waals surface area contributed by atoms with E-state index in [1.807, 2.05) is 67.6 Å². The van der Waals surface area contributed by atoms with Crippen molar-refractivity contribution in [3.05, 3.63) is 84.1 Å². The van der Waals surface area contributed by atoms with Crippen LogP contribution in [0.2, 0.25) is 0 Å². The van der Waals surface area contributed by atoms with E-state index in [4.69, 9.17) is 4.98 Å². The average molecular weight is 286 g/mol. The second kappa shape index (κ2) is 6.35. The lowest BCUT2D eigenvalue weighted by Gasteiger charge is -2.07. The molecule has 3 aromatic rings. The fourth-order valence-electron chi connectivity index (χ4n) is 2.40. The highest BCUT2D eigenvalue weighted by atomic mass is 14.8. The van der Waals surface area contributed by atoms with Gasteiger partial charge >= 0.3 is 0 Å². The molecule has 2 nitrogen and oxygen atoms in total. The molecule has 108 valence electrons. The normalized spacial score (nSPS) is 11.5. The highest BCUT2D eigenvalue weighted by molar-refractivity contribution is 5.99. The Morgan fingerprint density at radius 3 is 2.32 bits per heavy atom. The van der Waals surface area contributed by atoms with Crippen molar-refractivity contribution in [1.82, 2.24) is 4.98 Å². The molecule has 0 amide bonds. The Morgan fingerprint density at radius 1 is 0.818 bits per heavy atom. The van der Waals surface area contributed by atoms with E-state index in [9.17, 15) is 0 Å². The van der Waals surface area contributed by atoms with E-state index in [1.165, 1.54) is 5.56 Å². The fraction of sp³-hybridized carbons (Fsp3) is 0.100. The van der Waals surface area contributed by atoms with E-state index in [2.05, 4.69) is 24.0 Å². The topological polar surface area (TPSA) is 25.2 Å². The highest BCUT2D eigenvalue weighted by Crippen LogP contribution is 2.21. The fourth-order valence-corrected chi connectivity index (χ4v) is 2.40. The van der Waals surface area contributed by atoms with Gasteiger partial charge in [0.05, 0.1) is 22.8 Å². The van der Waals surface area contributed by atoms with Crippen molar-refractivity contribution in [2.75, 3.05) is 0 Å². The van der Waals surface area contributed by atoms with Crippen molar-refractivity contribution in [2.45, 2.75) is 13.8 Å². The molecule has 0 fully saturated rings. The van der Waals surface area contributed by atoms with Gasteiger partial charge < -0.3 is 0 Å². The lowest BCUT2D eigenvalue weighted by Crippen LogP contribution is -1.99. The van der Waals surface area contributed by atoms with Crippen molar-refractivity contribution in [1.29, 1.82) is 0 Å². The zero-order chi connectivity index (χ0) is 15.4. The Kier molecular flexibility index (Phi) is 4.10. The molecule has 0 radical (unpaired) electrons. The van der Waals surface area contributed by atoms with E-state index in [0.29, 0.717) is 0 Å². The van der Waals surface area contributed by atoms with E-state index >= 15 is 0 Å². The van der Waals surface area contributed by atoms with Gasteiger partial charge in [0.15, 0.2) is 0 Å². The Hall–Kier alpha value is -2.74. The molecule has 0 atom stereocenters. The third-order valence-electron chi connectivity index (χ3n) is 3.59. The summed E-state index contributed by atoms with van der Waals surface area (Å²) in [6.07, 6.45) is 0. The van der Waals surface area contributed by atoms with Crippen LogP contribution in [-0.2, 0) is 0 Å². The van der Waals surface area contributed by atoms with E-state index in [0.717, 1.165) is 28.4 Å². The quantitative estimate of drug-likeness (QED) is 0.608. The van der Waals surface area contributed by atoms with Crippen LogP contribution in [0.5, 0.6) is 0 Å². The molecule has 0 saturated heterocycles. The van der Waals surface area contributed by atoms with Crippen LogP contribution in [0.15, 0.2) is 77.8 Å². The van der Waals surface area contributed by atoms with Crippen molar-refractivity contribution in [3.63, 3.8) is 0 Å². The number of aryl methyl sites for hydroxylation is 1. The van der Waals surface area contributed by atoms with Gasteiger partial charge in [-0.15, -0.1) is 0 Å². The van der Waals surface area contributed by atoms with Gasteiger partial charge in [-0.3, -0.25) is 4.99 Å². The molecule has 2 heteroatoms. The number of benzene rings is 2. The standard InChI is InChI=1S/C20H18N2/c1-15-9-6-7-12-18(15)20-14-8-13-19(22-20)16(2)21-17-10-4-3-5-11-17/h3-14H,1-2H3. The summed E-state index contributed by atoms with van der Waals surface area (Å²) in [6, 6.07) is 24.3. The molecule has 0 N–H and O–H groups in total. The van der Waals surface area contributed by atoms with Crippen molar-refractivity contribution >= 4 is 11.4 Å². The van der Waals surface area contributed by atoms with Crippen LogP contribution in [0.4, 0.5) is 5.69 Å². The molecule has 0 aliphatic heterocycles. The molecular weight excluding hydrogens is 268 g/mol. The molecule has 2 aromatic carbocycles. The molecule has 0 unspecified atom stereocenters. The summed E-state index contributed by atoms with van der Waals surface area (Å²) < 4.78 is 0. The van der Waals surface area contributed by atoms with Crippen LogP contribution in [0.1, 0.15) is 18.2 Å². The van der Waals surface area contributed by atoms with Gasteiger partial charge in [0.1, 0.15) is 0 Å². The summed E-state index contributed by atoms with van der Waals surface area (Å²) >= 11 is 0. The van der Waals surface area contributed by atoms with Crippen molar-refractivity contribution < 1.29 is 0 Å². The highest BCUT2D eigenvalue weighted by Gasteiger charge is 2.05. The van der Waals surface area contributed by atoms with Gasteiger partial charge in [0, 0.05) is 5.56 Å². The first kappa shape index (κ1) is 14.2. The second-order valence-electron chi connectivity index (χ2n) is 5.26. The van der Waals surface area contributed by atoms with E-state index in [1.54, 1.807) is 0 Å². The minimum atomic E-state index is 0.907. The molecule has 1 aromatic heterocycles. The Balaban J connectivity index is 1.98. The smallest absolute Gasteiger partial charge is 0.0849 e. The van der Waals surface area contributed by atoms with Crippen molar-refractivity contribution in [2.24, 2.45) is 4.99 Å². The Morgan fingerprint density at radius 2 is 1.55 bits per heavy atom. The maximum Gasteiger partial charge on any atom is 0.0849 e. The largest absolute Gasteiger partial charge is 0.252 e. The van der Waals surface area contributed by atoms with Crippen LogP contribution >= 0.6 is 0 Å². The number of pyridine rings is 1. The molecule has 0 spiro atoms. The molecule has 0 bridgehead atoms. The first-order valence-corrected chi connectivity index (χ1v) is 7.38. The first-order valence-electron chi connectivity index (χ1n) is 7.38. The molecule has 22 heavy (non-hydrogen) atoms. The number of nitrogens with zero attached hydrogens (tertiary/aromatic N) is 2. The SMILES string of the molecule is CC(=Nc1ccccc1)c1cccc(-c2ccccc2C)n1. The average Bonchev–Trinajstić information content (AvgIpc) is 2.56. The zero-order valence-corrected chi connectivity index (χ0v) is 12.8. The summed E-state index contributed by atoms with van der Waals surface area (Å²) in [4.78, 5) is 9.41. The Bertz CT molecular complexity index is 805. The van der Waals surface area contributed by atoms with Crippen LogP contribution in [0.25, 0.3) is 11.3 Å². The summed E-state index contributed by atoms with van der Waals surface area (Å²) in [5, 5.41) is 0. The predicted octanol–water partition coefficient (Wildman–Crippen LogP) is 5.20. The van der Waals surface area contributed by atoms with Crippen LogP contribution < -0.4 is 0 Å². The number of aromatic nitrogens is 1. The first-order chi connectivity index (χ1) is 10.7. The predicted molar refractivity (Wildman–Crippen MR) is 92.7 cm³/mol. The third-order valence-corrected chi connectivity index (χ3v) is 3.59. The summed E-state index contributed by atoms with van der Waals surface area (Å²) in [5.41, 5.74) is 6.15. The van der Waals surface area contributed by atoms with Gasteiger partial charge in [-0.1, -0.05) is 48.5 Å². The number of hydrogen-bond donors (Lipinski definition) is 0. The van der Waals surface area contributed by atoms with Crippen LogP contribution in [0.3, 0.4) is 0 Å². The van der Waals surface area contributed by atoms with E-state index in [-0.39, 0.29) is 0 Å². The zero-order valence-electron chi connectivity index (χ0n) is 12.8. The number of rotatable bonds is 3. The summed E-state index contributed by atoms with van der Waals surface area (Å²) in [5.74, 6) is 0. The number of hydrogen-bond acceptors (Lipinski definition) is 2. The molecule has 3 rings (SSSR count). The summed E-state index contributed by atoms with van der Waals surface area (Å²) in [7, 11) is 0. The van der Waals surface area contributed by atoms with Gasteiger partial charge in [0.25, 0.3) is 0 Å². The Labute approximate surface area is 131 Å². The number of aliphatic imine (C=N–C) groups is 1. The van der Waals surface area contributed by atoms with Gasteiger partial charge in [-0.2, -0.15) is 0 Å². The third kappa shape index (κ3) is 3.12. The number of para-hydroxylation sites is 1. The lowest BCUT2D eigenvalue weighted by molar-refractivity contribution is 1.26. The lowest BCUT2D eigenvalue weighted by atomic mass is 10.0. The van der Waals surface area contributed by atoms with Gasteiger partial charge in [-0.25, -0.2) is 4.98 Å². The van der Waals surface area contributed by atoms with E-state index < -0.39 is 0 Å². The minimum absolute atomic E-state index is 0.907. The molecule has 1 heterocycles. The van der Waals surface area contributed by atoms with Gasteiger partial charge in [-0.05, 0) is 43.7 Å². The minimum Gasteiger partial charge on any atom is -0.252 e. The monoisotopic (exact) mass is 286 g/mol. The molecule has 0 aliphatic rings. The van der Waals surface area contributed by atoms with Crippen LogP contribution in [-0.4, -0.2) is 10.7 Å². The maximum absolute atomic E-state index is 4.77. The second-order valence-corrected chi connectivity index (χ2v) is 5.26. The van der Waals surface area contributed by atoms with Crippen LogP contribution in [0, 0.1) is 6.92 Å². The summed E-state index contributed by atoms with van der Waals surface area (Å²) in [6.45, 7) is 4.10. The molecular formula is C20H18N2. The van der Waals surface area contributed by atoms with Gasteiger partial charge in [0.2, 0.25) is 0 Å². The molecule has 0 saturated carbocycles. The molecule has 0 aliphatic carbocycles.